The third-order valence-electron chi connectivity index (χ3n) is 6.56. The van der Waals surface area contributed by atoms with Crippen LogP contribution >= 0.6 is 11.8 Å². The van der Waals surface area contributed by atoms with Crippen LogP contribution in [0.3, 0.4) is 0 Å². The summed E-state index contributed by atoms with van der Waals surface area (Å²) >= 11 is 1.50. The zero-order valence-electron chi connectivity index (χ0n) is 20.0. The van der Waals surface area contributed by atoms with Gasteiger partial charge in [-0.15, -0.1) is 11.8 Å². The minimum Gasteiger partial charge on any atom is -0.448 e. The molecule has 2 aromatic rings. The van der Waals surface area contributed by atoms with Gasteiger partial charge in [-0.05, 0) is 71.2 Å². The van der Waals surface area contributed by atoms with Crippen LogP contribution < -0.4 is 20.3 Å². The molecule has 0 bridgehead atoms. The first-order valence-corrected chi connectivity index (χ1v) is 12.6. The molecule has 2 N–H and O–H groups in total. The van der Waals surface area contributed by atoms with Crippen LogP contribution in [0.25, 0.3) is 0 Å². The lowest BCUT2D eigenvalue weighted by molar-refractivity contribution is -0.114. The summed E-state index contributed by atoms with van der Waals surface area (Å²) in [5.41, 5.74) is 2.49. The molecule has 8 heteroatoms. The molecule has 7 nitrogen and oxygen atoms in total. The van der Waals surface area contributed by atoms with Gasteiger partial charge in [0.05, 0.1) is 0 Å². The van der Waals surface area contributed by atoms with E-state index < -0.39 is 5.79 Å². The van der Waals surface area contributed by atoms with Gasteiger partial charge >= 0.3 is 0 Å². The Morgan fingerprint density at radius 2 is 1.97 bits per heavy atom. The van der Waals surface area contributed by atoms with E-state index in [1.807, 2.05) is 32.2 Å². The molecule has 4 rings (SSSR count). The Bertz CT molecular complexity index is 1100. The summed E-state index contributed by atoms with van der Waals surface area (Å²) in [6.45, 7) is 4.98. The number of aryl methyl sites for hydroxylation is 1. The van der Waals surface area contributed by atoms with E-state index >= 15 is 0 Å². The summed E-state index contributed by atoms with van der Waals surface area (Å²) in [7, 11) is 4.21. The average molecular weight is 472 g/mol. The molecule has 1 amide bonds. The number of aromatic nitrogens is 1. The van der Waals surface area contributed by atoms with Crippen molar-refractivity contribution in [3.05, 3.63) is 50.9 Å². The van der Waals surface area contributed by atoms with Crippen molar-refractivity contribution in [2.75, 3.05) is 26.9 Å². The SMILES string of the molecule is CSc1cc(C)[nH]c(=O)c1CNC(=O)c1ccc2c(c1C)OC1(CCC(CN(C)C)CC1)O2. The monoisotopic (exact) mass is 471 g/mol. The van der Waals surface area contributed by atoms with Crippen molar-refractivity contribution in [1.82, 2.24) is 15.2 Å². The molecule has 1 saturated carbocycles. The smallest absolute Gasteiger partial charge is 0.254 e. The lowest BCUT2D eigenvalue weighted by atomic mass is 9.85. The maximum atomic E-state index is 13.0. The van der Waals surface area contributed by atoms with E-state index in [-0.39, 0.29) is 18.0 Å². The Labute approximate surface area is 199 Å². The van der Waals surface area contributed by atoms with E-state index in [1.54, 1.807) is 6.07 Å². The van der Waals surface area contributed by atoms with Crippen molar-refractivity contribution in [1.29, 1.82) is 0 Å². The summed E-state index contributed by atoms with van der Waals surface area (Å²) in [4.78, 5) is 31.3. The number of fused-ring (bicyclic) bond motifs is 1. The van der Waals surface area contributed by atoms with Crippen LogP contribution in [-0.2, 0) is 6.54 Å². The summed E-state index contributed by atoms with van der Waals surface area (Å²) in [6, 6.07) is 5.52. The fourth-order valence-electron chi connectivity index (χ4n) is 4.85. The average Bonchev–Trinajstić information content (AvgIpc) is 3.13. The van der Waals surface area contributed by atoms with Crippen LogP contribution in [0.1, 0.15) is 52.9 Å². The summed E-state index contributed by atoms with van der Waals surface area (Å²) < 4.78 is 12.6. The minimum atomic E-state index is -0.618. The highest BCUT2D eigenvalue weighted by molar-refractivity contribution is 7.98. The number of pyridine rings is 1. The molecule has 178 valence electrons. The molecule has 1 aromatic carbocycles. The van der Waals surface area contributed by atoms with Gasteiger partial charge in [-0.1, -0.05) is 0 Å². The molecule has 1 aromatic heterocycles. The molecule has 0 atom stereocenters. The van der Waals surface area contributed by atoms with Crippen LogP contribution in [0.2, 0.25) is 0 Å². The third kappa shape index (κ3) is 4.92. The van der Waals surface area contributed by atoms with Crippen molar-refractivity contribution in [3.63, 3.8) is 0 Å². The number of nitrogens with one attached hydrogen (secondary N) is 2. The number of hydrogen-bond acceptors (Lipinski definition) is 6. The second kappa shape index (κ2) is 9.43. The van der Waals surface area contributed by atoms with Crippen LogP contribution in [0.4, 0.5) is 0 Å². The van der Waals surface area contributed by atoms with Gasteiger partial charge < -0.3 is 24.7 Å². The number of thioether (sulfide) groups is 1. The van der Waals surface area contributed by atoms with Crippen molar-refractivity contribution in [3.8, 4) is 11.5 Å². The Balaban J connectivity index is 1.46. The standard InChI is InChI=1S/C25H33N3O4S/c1-15-12-21(33-5)19(24(30)27-15)13-26-23(29)18-6-7-20-22(16(18)2)32-25(31-20)10-8-17(9-11-25)14-28(3)4/h6-7,12,17H,8-11,13-14H2,1-5H3,(H,26,29)(H,27,30). The lowest BCUT2D eigenvalue weighted by Gasteiger charge is -2.36. The quantitative estimate of drug-likeness (QED) is 0.623. The van der Waals surface area contributed by atoms with Gasteiger partial charge in [0.25, 0.3) is 17.3 Å². The van der Waals surface area contributed by atoms with E-state index in [1.165, 1.54) is 11.8 Å². The summed E-state index contributed by atoms with van der Waals surface area (Å²) in [5, 5.41) is 2.90. The number of aromatic amines is 1. The fraction of sp³-hybridized carbons (Fsp3) is 0.520. The summed E-state index contributed by atoms with van der Waals surface area (Å²) in [6.07, 6.45) is 5.72. The van der Waals surface area contributed by atoms with E-state index in [9.17, 15) is 9.59 Å². The predicted molar refractivity (Wildman–Crippen MR) is 130 cm³/mol. The number of nitrogens with zero attached hydrogens (tertiary/aromatic N) is 1. The van der Waals surface area contributed by atoms with E-state index in [2.05, 4.69) is 29.3 Å². The highest BCUT2D eigenvalue weighted by Crippen LogP contribution is 2.48. The Kier molecular flexibility index (Phi) is 6.77. The maximum Gasteiger partial charge on any atom is 0.254 e. The number of rotatable bonds is 6. The predicted octanol–water partition coefficient (Wildman–Crippen LogP) is 3.86. The second-order valence-electron chi connectivity index (χ2n) is 9.40. The van der Waals surface area contributed by atoms with Gasteiger partial charge in [0, 0.05) is 53.2 Å². The zero-order chi connectivity index (χ0) is 23.8. The van der Waals surface area contributed by atoms with Crippen LogP contribution in [0, 0.1) is 19.8 Å². The van der Waals surface area contributed by atoms with Crippen molar-refractivity contribution in [2.24, 2.45) is 5.92 Å². The molecule has 1 spiro atoms. The van der Waals surface area contributed by atoms with Gasteiger partial charge in [0.2, 0.25) is 0 Å². The molecule has 1 fully saturated rings. The Hall–Kier alpha value is -2.45. The molecule has 1 aliphatic carbocycles. The van der Waals surface area contributed by atoms with E-state index in [0.29, 0.717) is 28.5 Å². The van der Waals surface area contributed by atoms with Crippen molar-refractivity contribution < 1.29 is 14.3 Å². The molecule has 0 saturated heterocycles. The first-order valence-electron chi connectivity index (χ1n) is 11.4. The molecule has 0 radical (unpaired) electrons. The second-order valence-corrected chi connectivity index (χ2v) is 10.2. The zero-order valence-corrected chi connectivity index (χ0v) is 20.9. The number of amides is 1. The highest BCUT2D eigenvalue weighted by atomic mass is 32.2. The molecular formula is C25H33N3O4S. The van der Waals surface area contributed by atoms with Crippen molar-refractivity contribution >= 4 is 17.7 Å². The van der Waals surface area contributed by atoms with Gasteiger partial charge in [-0.3, -0.25) is 9.59 Å². The Morgan fingerprint density at radius 1 is 1.24 bits per heavy atom. The van der Waals surface area contributed by atoms with Gasteiger partial charge in [0.15, 0.2) is 11.5 Å². The fourth-order valence-corrected chi connectivity index (χ4v) is 5.55. The number of hydrogen-bond donors (Lipinski definition) is 2. The molecule has 0 unspecified atom stereocenters. The molecule has 2 heterocycles. The third-order valence-corrected chi connectivity index (χ3v) is 7.37. The highest BCUT2D eigenvalue weighted by Gasteiger charge is 2.45. The van der Waals surface area contributed by atoms with Gasteiger partial charge in [0.1, 0.15) is 0 Å². The van der Waals surface area contributed by atoms with Crippen LogP contribution in [0.5, 0.6) is 11.5 Å². The molecular weight excluding hydrogens is 438 g/mol. The maximum absolute atomic E-state index is 13.0. The van der Waals surface area contributed by atoms with Crippen LogP contribution in [-0.4, -0.2) is 48.5 Å². The first kappa shape index (κ1) is 23.7. The Morgan fingerprint density at radius 3 is 2.64 bits per heavy atom. The van der Waals surface area contributed by atoms with Crippen LogP contribution in [0.15, 0.2) is 27.9 Å². The topological polar surface area (TPSA) is 83.7 Å². The number of ether oxygens (including phenoxy) is 2. The number of benzene rings is 1. The number of carbonyl (C=O) groups is 1. The van der Waals surface area contributed by atoms with Gasteiger partial charge in [-0.2, -0.15) is 0 Å². The molecule has 2 aliphatic rings. The lowest BCUT2D eigenvalue weighted by Crippen LogP contribution is -2.43. The molecule has 1 aliphatic heterocycles. The minimum absolute atomic E-state index is 0.162. The van der Waals surface area contributed by atoms with Crippen molar-refractivity contribution in [2.45, 2.75) is 56.8 Å². The molecule has 33 heavy (non-hydrogen) atoms. The van der Waals surface area contributed by atoms with Gasteiger partial charge in [-0.25, -0.2) is 0 Å². The summed E-state index contributed by atoms with van der Waals surface area (Å²) in [5.74, 6) is 1.16. The number of H-pyrrole nitrogens is 1. The normalized spacial score (nSPS) is 21.6. The van der Waals surface area contributed by atoms with E-state index in [4.69, 9.17) is 9.47 Å². The first-order chi connectivity index (χ1) is 15.7. The number of carbonyl (C=O) groups excluding carboxylic acids is 1. The largest absolute Gasteiger partial charge is 0.448 e. The van der Waals surface area contributed by atoms with E-state index in [0.717, 1.165) is 48.4 Å².